The van der Waals surface area contributed by atoms with Crippen molar-refractivity contribution < 1.29 is 28.6 Å². The lowest BCUT2D eigenvalue weighted by molar-refractivity contribution is -0.190. The molecular formula is C27H44O6. The second-order valence-corrected chi connectivity index (χ2v) is 14.2. The van der Waals surface area contributed by atoms with Crippen LogP contribution in [0.1, 0.15) is 96.9 Å². The van der Waals surface area contributed by atoms with Crippen molar-refractivity contribution in [1.82, 2.24) is 0 Å². The van der Waals surface area contributed by atoms with Gasteiger partial charge in [0, 0.05) is 10.8 Å². The van der Waals surface area contributed by atoms with E-state index in [0.29, 0.717) is 0 Å². The van der Waals surface area contributed by atoms with Gasteiger partial charge in [-0.05, 0) is 50.9 Å². The Balaban J connectivity index is 2.54. The number of rotatable bonds is 4. The summed E-state index contributed by atoms with van der Waals surface area (Å²) in [6, 6.07) is 0. The predicted octanol–water partition coefficient (Wildman–Crippen LogP) is 5.11. The fourth-order valence-corrected chi connectivity index (χ4v) is 8.85. The Kier molecular flexibility index (Phi) is 4.93. The lowest BCUT2D eigenvalue weighted by Crippen LogP contribution is -2.61. The monoisotopic (exact) mass is 464 g/mol. The van der Waals surface area contributed by atoms with Gasteiger partial charge in [0.1, 0.15) is 11.0 Å². The van der Waals surface area contributed by atoms with Crippen molar-refractivity contribution in [3.05, 3.63) is 0 Å². The summed E-state index contributed by atoms with van der Waals surface area (Å²) in [6.45, 7) is 27.2. The molecule has 2 saturated heterocycles. The summed E-state index contributed by atoms with van der Waals surface area (Å²) in [5, 5.41) is 0. The molecule has 0 spiro atoms. The lowest BCUT2D eigenvalue weighted by atomic mass is 9.54. The van der Waals surface area contributed by atoms with Gasteiger partial charge in [0.25, 0.3) is 0 Å². The van der Waals surface area contributed by atoms with Gasteiger partial charge in [-0.15, -0.1) is 0 Å². The van der Waals surface area contributed by atoms with Gasteiger partial charge in [0.05, 0.1) is 12.2 Å². The Hall–Kier alpha value is -1.43. The lowest BCUT2D eigenvalue weighted by Gasteiger charge is -2.46. The molecule has 4 fully saturated rings. The van der Waals surface area contributed by atoms with E-state index in [-0.39, 0.29) is 6.61 Å². The largest absolute Gasteiger partial charge is 0.463 e. The Morgan fingerprint density at radius 3 is 1.42 bits per heavy atom. The zero-order valence-corrected chi connectivity index (χ0v) is 23.2. The molecule has 2 aliphatic carbocycles. The van der Waals surface area contributed by atoms with Crippen LogP contribution in [-0.4, -0.2) is 41.1 Å². The predicted molar refractivity (Wildman–Crippen MR) is 125 cm³/mol. The molecule has 0 aromatic rings. The van der Waals surface area contributed by atoms with Crippen LogP contribution in [-0.2, 0) is 28.6 Å². The van der Waals surface area contributed by atoms with Crippen LogP contribution in [0.3, 0.4) is 0 Å². The van der Waals surface area contributed by atoms with E-state index < -0.39 is 67.0 Å². The van der Waals surface area contributed by atoms with Crippen LogP contribution in [0, 0.1) is 32.5 Å². The summed E-state index contributed by atoms with van der Waals surface area (Å²) in [7, 11) is 0. The van der Waals surface area contributed by atoms with Crippen molar-refractivity contribution in [2.24, 2.45) is 32.5 Å². The minimum absolute atomic E-state index is 0.0785. The fourth-order valence-electron chi connectivity index (χ4n) is 8.85. The van der Waals surface area contributed by atoms with Crippen LogP contribution in [0.4, 0.5) is 0 Å². The molecule has 6 heteroatoms. The van der Waals surface area contributed by atoms with E-state index >= 15 is 0 Å². The van der Waals surface area contributed by atoms with Crippen molar-refractivity contribution in [2.75, 3.05) is 6.61 Å². The van der Waals surface area contributed by atoms with Crippen molar-refractivity contribution in [1.29, 1.82) is 0 Å². The second kappa shape index (κ2) is 6.22. The van der Waals surface area contributed by atoms with E-state index in [0.717, 1.165) is 0 Å². The topological polar surface area (TPSA) is 78.9 Å². The SMILES string of the molecule is CCOC(=O)[C@]1(C(C)=O)OC2(C(C)(C)C)C3(C(C)(C)C)C2(C(C)(C)C)C31C(=O)OC(C)(C)C. The highest BCUT2D eigenvalue weighted by Gasteiger charge is 3.28. The molecule has 0 N–H and O–H groups in total. The molecule has 3 atom stereocenters. The minimum atomic E-state index is -2.06. The average Bonchev–Trinajstić information content (AvgIpc) is 3.27. The van der Waals surface area contributed by atoms with Crippen LogP contribution >= 0.6 is 0 Å². The summed E-state index contributed by atoms with van der Waals surface area (Å²) in [5.41, 5.74) is -8.25. The highest BCUT2D eigenvalue weighted by Crippen LogP contribution is 3.17. The molecular weight excluding hydrogens is 420 g/mol. The van der Waals surface area contributed by atoms with Gasteiger partial charge in [-0.1, -0.05) is 62.3 Å². The number of Topliss-reactive ketones (excluding diaryl/α,β-unsaturated/α-hetero) is 1. The van der Waals surface area contributed by atoms with Crippen LogP contribution in [0.2, 0.25) is 0 Å². The Labute approximate surface area is 199 Å². The fraction of sp³-hybridized carbons (Fsp3) is 0.889. The average molecular weight is 465 g/mol. The van der Waals surface area contributed by atoms with Gasteiger partial charge in [-0.25, -0.2) is 4.79 Å². The number of hydrogen-bond acceptors (Lipinski definition) is 6. The first-order valence-corrected chi connectivity index (χ1v) is 12.1. The normalized spacial score (nSPS) is 39.6. The Bertz CT molecular complexity index is 890. The van der Waals surface area contributed by atoms with Gasteiger partial charge in [0.2, 0.25) is 5.60 Å². The van der Waals surface area contributed by atoms with Gasteiger partial charge < -0.3 is 14.2 Å². The van der Waals surface area contributed by atoms with Gasteiger partial charge in [-0.3, -0.25) is 9.59 Å². The third-order valence-corrected chi connectivity index (χ3v) is 8.52. The first kappa shape index (κ1) is 26.2. The van der Waals surface area contributed by atoms with Gasteiger partial charge >= 0.3 is 11.9 Å². The zero-order chi connectivity index (χ0) is 26.1. The van der Waals surface area contributed by atoms with E-state index in [9.17, 15) is 14.4 Å². The van der Waals surface area contributed by atoms with Crippen LogP contribution < -0.4 is 0 Å². The highest BCUT2D eigenvalue weighted by molar-refractivity contribution is 6.18. The zero-order valence-electron chi connectivity index (χ0n) is 23.2. The molecule has 2 bridgehead atoms. The molecule has 2 heterocycles. The summed E-state index contributed by atoms with van der Waals surface area (Å²) in [5.74, 6) is -1.83. The summed E-state index contributed by atoms with van der Waals surface area (Å²) in [6.07, 6.45) is 0. The number of esters is 2. The number of carbonyl (C=O) groups is 3. The molecule has 0 aromatic heterocycles. The molecule has 33 heavy (non-hydrogen) atoms. The van der Waals surface area contributed by atoms with Crippen molar-refractivity contribution in [3.8, 4) is 0 Å². The molecule has 4 rings (SSSR count). The minimum Gasteiger partial charge on any atom is -0.463 e. The molecule has 2 saturated carbocycles. The second-order valence-electron chi connectivity index (χ2n) is 14.2. The standard InChI is InChI=1S/C27H44O6/c1-15-31-17(29)23(16(2)28)24(18(30)32-22(12,13)14)25(19(3,4)5)26(24,20(6,7)8)27(25,33-23)21(9,10)11/h15H2,1-14H3/t23-,24?,25?,26?,27?/m0/s1. The van der Waals surface area contributed by atoms with E-state index in [4.69, 9.17) is 14.2 Å². The van der Waals surface area contributed by atoms with Crippen molar-refractivity contribution in [3.63, 3.8) is 0 Å². The maximum Gasteiger partial charge on any atom is 0.347 e. The highest BCUT2D eigenvalue weighted by atomic mass is 16.6. The van der Waals surface area contributed by atoms with E-state index in [1.165, 1.54) is 6.92 Å². The maximum absolute atomic E-state index is 14.4. The first-order valence-electron chi connectivity index (χ1n) is 12.1. The Morgan fingerprint density at radius 1 is 0.727 bits per heavy atom. The molecule has 0 aromatic carbocycles. The third-order valence-electron chi connectivity index (χ3n) is 8.52. The van der Waals surface area contributed by atoms with Gasteiger partial charge in [0.15, 0.2) is 5.78 Å². The number of fused-ring (bicyclic) bond motifs is 1. The molecule has 188 valence electrons. The number of hydrogen-bond donors (Lipinski definition) is 0. The van der Waals surface area contributed by atoms with Gasteiger partial charge in [-0.2, -0.15) is 0 Å². The smallest absolute Gasteiger partial charge is 0.347 e. The van der Waals surface area contributed by atoms with Crippen LogP contribution in [0.25, 0.3) is 0 Å². The van der Waals surface area contributed by atoms with E-state index in [1.807, 2.05) is 0 Å². The van der Waals surface area contributed by atoms with Crippen molar-refractivity contribution >= 4 is 17.7 Å². The summed E-state index contributed by atoms with van der Waals surface area (Å²) in [4.78, 5) is 41.7. The van der Waals surface area contributed by atoms with Crippen LogP contribution in [0.5, 0.6) is 0 Å². The number of ether oxygens (including phenoxy) is 3. The van der Waals surface area contributed by atoms with Crippen LogP contribution in [0.15, 0.2) is 0 Å². The summed E-state index contributed by atoms with van der Waals surface area (Å²) < 4.78 is 18.4. The first-order chi connectivity index (χ1) is 14.5. The molecule has 6 nitrogen and oxygen atoms in total. The molecule has 0 amide bonds. The van der Waals surface area contributed by atoms with E-state index in [1.54, 1.807) is 27.7 Å². The molecule has 2 aliphatic heterocycles. The summed E-state index contributed by atoms with van der Waals surface area (Å²) >= 11 is 0. The maximum atomic E-state index is 14.4. The molecule has 0 radical (unpaired) electrons. The molecule has 4 aliphatic rings. The van der Waals surface area contributed by atoms with Crippen molar-refractivity contribution in [2.45, 2.75) is 114 Å². The number of ketones is 1. The third kappa shape index (κ3) is 2.16. The molecule has 2 unspecified atom stereocenters. The van der Waals surface area contributed by atoms with E-state index in [2.05, 4.69) is 62.3 Å². The number of carbonyl (C=O) groups excluding carboxylic acids is 3. The quantitative estimate of drug-likeness (QED) is 0.425. The Morgan fingerprint density at radius 2 is 1.15 bits per heavy atom.